The van der Waals surface area contributed by atoms with E-state index >= 15 is 0 Å². The molecule has 0 aromatic heterocycles. The molecule has 0 saturated heterocycles. The van der Waals surface area contributed by atoms with Crippen molar-refractivity contribution in [1.29, 1.82) is 0 Å². The minimum absolute atomic E-state index is 0.201. The van der Waals surface area contributed by atoms with Crippen LogP contribution in [0.25, 0.3) is 0 Å². The van der Waals surface area contributed by atoms with Crippen LogP contribution in [0, 0.1) is 5.92 Å². The van der Waals surface area contributed by atoms with E-state index in [9.17, 15) is 4.79 Å². The number of ether oxygens (including phenoxy) is 1. The zero-order chi connectivity index (χ0) is 7.44. The van der Waals surface area contributed by atoms with Crippen molar-refractivity contribution in [2.75, 3.05) is 7.11 Å². The summed E-state index contributed by atoms with van der Waals surface area (Å²) in [5.74, 6) is 0.208. The molecule has 1 unspecified atom stereocenters. The molecule has 3 heteroatoms. The minimum Gasteiger partial charge on any atom is -0.372 e. The van der Waals surface area contributed by atoms with Gasteiger partial charge in [-0.15, -0.1) is 12.6 Å². The Balaban J connectivity index is 3.83. The Hall–Kier alpha value is -0.0200. The van der Waals surface area contributed by atoms with Gasteiger partial charge in [-0.3, -0.25) is 4.79 Å². The van der Waals surface area contributed by atoms with E-state index in [0.717, 1.165) is 0 Å². The molecule has 9 heavy (non-hydrogen) atoms. The molecule has 0 bridgehead atoms. The largest absolute Gasteiger partial charge is 0.372 e. The lowest BCUT2D eigenvalue weighted by Crippen LogP contribution is -2.24. The van der Waals surface area contributed by atoms with Gasteiger partial charge in [-0.25, -0.2) is 0 Å². The van der Waals surface area contributed by atoms with Crippen LogP contribution in [0.15, 0.2) is 0 Å². The molecule has 0 aliphatic rings. The predicted molar refractivity (Wildman–Crippen MR) is 39.6 cm³/mol. The zero-order valence-electron chi connectivity index (χ0n) is 5.92. The van der Waals surface area contributed by atoms with Gasteiger partial charge in [0.05, 0.1) is 0 Å². The summed E-state index contributed by atoms with van der Waals surface area (Å²) in [5, 5.41) is -0.201. The number of hydrogen-bond acceptors (Lipinski definition) is 2. The molecule has 0 aliphatic carbocycles. The fraction of sp³-hybridized carbons (Fsp3) is 0.833. The fourth-order valence-corrected chi connectivity index (χ4v) is 1.06. The lowest BCUT2D eigenvalue weighted by Gasteiger charge is -2.13. The number of carbonyl (C=O) groups excluding carboxylic acids is 1. The van der Waals surface area contributed by atoms with Gasteiger partial charge in [-0.1, -0.05) is 13.8 Å². The molecular formula is C6H12O2S. The van der Waals surface area contributed by atoms with Crippen LogP contribution in [-0.4, -0.2) is 18.3 Å². The lowest BCUT2D eigenvalue weighted by atomic mass is 10.1. The van der Waals surface area contributed by atoms with E-state index in [0.29, 0.717) is 0 Å². The average Bonchev–Trinajstić information content (AvgIpc) is 1.64. The summed E-state index contributed by atoms with van der Waals surface area (Å²) in [4.78, 5) is 10.6. The number of carbonyl (C=O) groups is 1. The first kappa shape index (κ1) is 8.98. The maximum atomic E-state index is 10.6. The highest BCUT2D eigenvalue weighted by molar-refractivity contribution is 7.96. The van der Waals surface area contributed by atoms with E-state index in [2.05, 4.69) is 12.6 Å². The third-order valence-electron chi connectivity index (χ3n) is 1.10. The molecule has 0 rings (SSSR count). The summed E-state index contributed by atoms with van der Waals surface area (Å²) in [6, 6.07) is 0. The highest BCUT2D eigenvalue weighted by Crippen LogP contribution is 2.07. The monoisotopic (exact) mass is 148 g/mol. The predicted octanol–water partition coefficient (Wildman–Crippen LogP) is 1.11. The molecule has 0 spiro atoms. The third kappa shape index (κ3) is 2.87. The van der Waals surface area contributed by atoms with Gasteiger partial charge in [0.25, 0.3) is 0 Å². The van der Waals surface area contributed by atoms with Gasteiger partial charge in [0, 0.05) is 7.11 Å². The van der Waals surface area contributed by atoms with Gasteiger partial charge in [-0.05, 0) is 5.92 Å². The lowest BCUT2D eigenvalue weighted by molar-refractivity contribution is -0.121. The second-order valence-electron chi connectivity index (χ2n) is 2.24. The minimum atomic E-state index is -0.353. The molecule has 54 valence electrons. The molecule has 1 atom stereocenters. The molecular weight excluding hydrogens is 136 g/mol. The Kier molecular flexibility index (Phi) is 3.89. The van der Waals surface area contributed by atoms with E-state index < -0.39 is 0 Å². The van der Waals surface area contributed by atoms with E-state index in [1.165, 1.54) is 7.11 Å². The molecule has 0 saturated carbocycles. The number of methoxy groups -OCH3 is 1. The van der Waals surface area contributed by atoms with Crippen LogP contribution in [0.4, 0.5) is 0 Å². The molecule has 0 amide bonds. The van der Waals surface area contributed by atoms with Crippen LogP contribution in [0.3, 0.4) is 0 Å². The van der Waals surface area contributed by atoms with Gasteiger partial charge in [0.15, 0.2) is 0 Å². The second kappa shape index (κ2) is 3.90. The van der Waals surface area contributed by atoms with E-state index in [1.807, 2.05) is 13.8 Å². The van der Waals surface area contributed by atoms with Crippen LogP contribution in [0.2, 0.25) is 0 Å². The number of rotatable bonds is 3. The quantitative estimate of drug-likeness (QED) is 0.607. The van der Waals surface area contributed by atoms with E-state index in [4.69, 9.17) is 4.74 Å². The Morgan fingerprint density at radius 2 is 2.00 bits per heavy atom. The van der Waals surface area contributed by atoms with Crippen molar-refractivity contribution in [1.82, 2.24) is 0 Å². The van der Waals surface area contributed by atoms with Gasteiger partial charge in [-0.2, -0.15) is 0 Å². The van der Waals surface area contributed by atoms with Crippen LogP contribution in [0.5, 0.6) is 0 Å². The van der Waals surface area contributed by atoms with Crippen molar-refractivity contribution >= 4 is 17.7 Å². The molecule has 0 N–H and O–H groups in total. The SMILES string of the molecule is COC(C(=O)S)C(C)C. The topological polar surface area (TPSA) is 26.3 Å². The maximum absolute atomic E-state index is 10.6. The summed E-state index contributed by atoms with van der Waals surface area (Å²) >= 11 is 3.65. The molecule has 0 aliphatic heterocycles. The summed E-state index contributed by atoms with van der Waals surface area (Å²) in [6.45, 7) is 3.84. The highest BCUT2D eigenvalue weighted by atomic mass is 32.1. The summed E-state index contributed by atoms with van der Waals surface area (Å²) in [7, 11) is 1.51. The summed E-state index contributed by atoms with van der Waals surface area (Å²) in [6.07, 6.45) is -0.353. The molecule has 0 aromatic carbocycles. The van der Waals surface area contributed by atoms with Gasteiger partial charge in [0.2, 0.25) is 5.12 Å². The standard InChI is InChI=1S/C6H12O2S/c1-4(2)5(8-3)6(7)9/h4-5H,1-3H3,(H,7,9). The van der Waals surface area contributed by atoms with Gasteiger partial charge >= 0.3 is 0 Å². The molecule has 2 nitrogen and oxygen atoms in total. The smallest absolute Gasteiger partial charge is 0.214 e. The van der Waals surface area contributed by atoms with E-state index in [1.54, 1.807) is 0 Å². The fourth-order valence-electron chi connectivity index (χ4n) is 0.658. The Morgan fingerprint density at radius 3 is 2.00 bits per heavy atom. The van der Waals surface area contributed by atoms with Crippen molar-refractivity contribution in [2.24, 2.45) is 5.92 Å². The highest BCUT2D eigenvalue weighted by Gasteiger charge is 2.17. The molecule has 0 heterocycles. The first-order valence-electron chi connectivity index (χ1n) is 2.85. The third-order valence-corrected chi connectivity index (χ3v) is 1.36. The normalized spacial score (nSPS) is 13.9. The van der Waals surface area contributed by atoms with Crippen LogP contribution in [-0.2, 0) is 9.53 Å². The van der Waals surface area contributed by atoms with Gasteiger partial charge < -0.3 is 4.74 Å². The Labute approximate surface area is 61.0 Å². The molecule has 0 aromatic rings. The van der Waals surface area contributed by atoms with Crippen molar-refractivity contribution in [3.8, 4) is 0 Å². The second-order valence-corrected chi connectivity index (χ2v) is 2.68. The maximum Gasteiger partial charge on any atom is 0.214 e. The zero-order valence-corrected chi connectivity index (χ0v) is 6.81. The first-order chi connectivity index (χ1) is 4.09. The summed E-state index contributed by atoms with van der Waals surface area (Å²) in [5.41, 5.74) is 0. The average molecular weight is 148 g/mol. The van der Waals surface area contributed by atoms with Crippen molar-refractivity contribution in [3.05, 3.63) is 0 Å². The molecule has 0 fully saturated rings. The van der Waals surface area contributed by atoms with Gasteiger partial charge in [0.1, 0.15) is 6.10 Å². The van der Waals surface area contributed by atoms with E-state index in [-0.39, 0.29) is 17.1 Å². The Bertz CT molecular complexity index is 101. The van der Waals surface area contributed by atoms with Crippen molar-refractivity contribution in [3.63, 3.8) is 0 Å². The first-order valence-corrected chi connectivity index (χ1v) is 3.30. The van der Waals surface area contributed by atoms with Crippen molar-refractivity contribution in [2.45, 2.75) is 20.0 Å². The number of thiol groups is 1. The summed E-state index contributed by atoms with van der Waals surface area (Å²) < 4.78 is 4.85. The van der Waals surface area contributed by atoms with Crippen LogP contribution < -0.4 is 0 Å². The number of hydrogen-bond donors (Lipinski definition) is 1. The van der Waals surface area contributed by atoms with Crippen molar-refractivity contribution < 1.29 is 9.53 Å². The van der Waals surface area contributed by atoms with Crippen LogP contribution >= 0.6 is 12.6 Å². The van der Waals surface area contributed by atoms with Crippen LogP contribution in [0.1, 0.15) is 13.8 Å². The Morgan fingerprint density at radius 1 is 1.56 bits per heavy atom. The molecule has 0 radical (unpaired) electrons.